The molecular formula is C17H24N2. The fourth-order valence-corrected chi connectivity index (χ4v) is 3.21. The van der Waals surface area contributed by atoms with Gasteiger partial charge in [0.15, 0.2) is 0 Å². The molecule has 1 atom stereocenters. The Morgan fingerprint density at radius 1 is 1.32 bits per heavy atom. The first-order valence-electron chi connectivity index (χ1n) is 7.16. The van der Waals surface area contributed by atoms with Crippen LogP contribution in [0.25, 0.3) is 0 Å². The Morgan fingerprint density at radius 3 is 2.53 bits per heavy atom. The topological polar surface area (TPSA) is 27.0 Å². The fourth-order valence-electron chi connectivity index (χ4n) is 3.21. The third kappa shape index (κ3) is 2.76. The van der Waals surface area contributed by atoms with Crippen LogP contribution in [-0.2, 0) is 0 Å². The Labute approximate surface area is 117 Å². The highest BCUT2D eigenvalue weighted by molar-refractivity contribution is 5.60. The highest BCUT2D eigenvalue weighted by atomic mass is 15.2. The molecule has 1 heterocycles. The molecule has 1 aliphatic heterocycles. The Hall–Kier alpha value is -1.49. The Kier molecular flexibility index (Phi) is 3.85. The molecule has 0 bridgehead atoms. The number of benzene rings is 1. The zero-order valence-corrected chi connectivity index (χ0v) is 12.5. The summed E-state index contributed by atoms with van der Waals surface area (Å²) in [5.41, 5.74) is 4.23. The van der Waals surface area contributed by atoms with Gasteiger partial charge in [-0.2, -0.15) is 5.26 Å². The molecule has 0 amide bonds. The molecule has 1 saturated heterocycles. The molecule has 1 aromatic carbocycles. The summed E-state index contributed by atoms with van der Waals surface area (Å²) < 4.78 is 0. The van der Waals surface area contributed by atoms with Gasteiger partial charge < -0.3 is 4.90 Å². The predicted molar refractivity (Wildman–Crippen MR) is 80.3 cm³/mol. The number of anilines is 1. The molecule has 0 saturated carbocycles. The zero-order valence-electron chi connectivity index (χ0n) is 12.5. The van der Waals surface area contributed by atoms with Gasteiger partial charge in [-0.1, -0.05) is 18.2 Å². The lowest BCUT2D eigenvalue weighted by Crippen LogP contribution is -2.51. The highest BCUT2D eigenvalue weighted by Gasteiger charge is 2.35. The van der Waals surface area contributed by atoms with Gasteiger partial charge in [-0.25, -0.2) is 0 Å². The van der Waals surface area contributed by atoms with E-state index in [0.717, 1.165) is 13.0 Å². The smallest absolute Gasteiger partial charge is 0.0625 e. The lowest BCUT2D eigenvalue weighted by molar-refractivity contribution is 0.292. The standard InChI is InChI=1S/C17H24N2/c1-13-6-5-7-14(2)16(13)19-12-15(9-11-18)8-10-17(19,3)4/h5-7,15H,8-10,12H2,1-4H3. The van der Waals surface area contributed by atoms with Crippen molar-refractivity contribution in [1.29, 1.82) is 5.26 Å². The maximum atomic E-state index is 8.95. The predicted octanol–water partition coefficient (Wildman–Crippen LogP) is 4.21. The molecule has 102 valence electrons. The minimum atomic E-state index is 0.183. The van der Waals surface area contributed by atoms with Crippen LogP contribution in [0.1, 0.15) is 44.2 Å². The SMILES string of the molecule is Cc1cccc(C)c1N1CC(CC#N)CCC1(C)C. The van der Waals surface area contributed by atoms with Crippen molar-refractivity contribution >= 4 is 5.69 Å². The molecule has 2 nitrogen and oxygen atoms in total. The van der Waals surface area contributed by atoms with Gasteiger partial charge in [-0.05, 0) is 57.6 Å². The van der Waals surface area contributed by atoms with Crippen molar-refractivity contribution in [1.82, 2.24) is 0 Å². The number of para-hydroxylation sites is 1. The maximum Gasteiger partial charge on any atom is 0.0625 e. The summed E-state index contributed by atoms with van der Waals surface area (Å²) in [6.45, 7) is 10.0. The van der Waals surface area contributed by atoms with Crippen molar-refractivity contribution in [3.8, 4) is 6.07 Å². The lowest BCUT2D eigenvalue weighted by Gasteiger charge is -2.48. The van der Waals surface area contributed by atoms with Crippen LogP contribution in [0.15, 0.2) is 18.2 Å². The number of hydrogen-bond acceptors (Lipinski definition) is 2. The van der Waals surface area contributed by atoms with E-state index in [1.165, 1.54) is 23.2 Å². The van der Waals surface area contributed by atoms with E-state index in [2.05, 4.69) is 56.9 Å². The van der Waals surface area contributed by atoms with E-state index in [1.54, 1.807) is 0 Å². The van der Waals surface area contributed by atoms with Gasteiger partial charge in [0, 0.05) is 24.2 Å². The number of hydrogen-bond donors (Lipinski definition) is 0. The van der Waals surface area contributed by atoms with E-state index in [0.29, 0.717) is 12.3 Å². The third-order valence-corrected chi connectivity index (χ3v) is 4.43. The molecule has 0 spiro atoms. The summed E-state index contributed by atoms with van der Waals surface area (Å²) in [5.74, 6) is 0.511. The Balaban J connectivity index is 2.36. The normalized spacial score (nSPS) is 22.1. The summed E-state index contributed by atoms with van der Waals surface area (Å²) in [6, 6.07) is 8.84. The van der Waals surface area contributed by atoms with E-state index in [4.69, 9.17) is 5.26 Å². The van der Waals surface area contributed by atoms with Crippen molar-refractivity contribution in [2.75, 3.05) is 11.4 Å². The van der Waals surface area contributed by atoms with E-state index >= 15 is 0 Å². The highest BCUT2D eigenvalue weighted by Crippen LogP contribution is 2.38. The minimum Gasteiger partial charge on any atom is -0.366 e. The zero-order chi connectivity index (χ0) is 14.0. The van der Waals surface area contributed by atoms with Crippen molar-refractivity contribution in [3.05, 3.63) is 29.3 Å². The fraction of sp³-hybridized carbons (Fsp3) is 0.588. The number of nitrogens with zero attached hydrogens (tertiary/aromatic N) is 2. The lowest BCUT2D eigenvalue weighted by atomic mass is 9.82. The van der Waals surface area contributed by atoms with E-state index in [9.17, 15) is 0 Å². The summed E-state index contributed by atoms with van der Waals surface area (Å²) in [7, 11) is 0. The maximum absolute atomic E-state index is 8.95. The van der Waals surface area contributed by atoms with Crippen LogP contribution in [0, 0.1) is 31.1 Å². The molecule has 1 aliphatic rings. The van der Waals surface area contributed by atoms with Gasteiger partial charge in [0.25, 0.3) is 0 Å². The average molecular weight is 256 g/mol. The molecule has 1 fully saturated rings. The molecule has 2 heteroatoms. The Bertz CT molecular complexity index is 476. The van der Waals surface area contributed by atoms with Crippen LogP contribution >= 0.6 is 0 Å². The first kappa shape index (κ1) is 13.9. The molecule has 1 unspecified atom stereocenters. The summed E-state index contributed by atoms with van der Waals surface area (Å²) in [5, 5.41) is 8.95. The minimum absolute atomic E-state index is 0.183. The molecule has 2 rings (SSSR count). The molecule has 0 aromatic heterocycles. The van der Waals surface area contributed by atoms with E-state index in [1.807, 2.05) is 0 Å². The monoisotopic (exact) mass is 256 g/mol. The first-order valence-corrected chi connectivity index (χ1v) is 7.16. The molecule has 0 aliphatic carbocycles. The molecule has 19 heavy (non-hydrogen) atoms. The first-order chi connectivity index (χ1) is 8.95. The third-order valence-electron chi connectivity index (χ3n) is 4.43. The van der Waals surface area contributed by atoms with E-state index < -0.39 is 0 Å². The number of rotatable bonds is 2. The number of aryl methyl sites for hydroxylation is 2. The van der Waals surface area contributed by atoms with Gasteiger partial charge in [0.2, 0.25) is 0 Å². The largest absolute Gasteiger partial charge is 0.366 e. The number of piperidine rings is 1. The van der Waals surface area contributed by atoms with Gasteiger partial charge in [0.1, 0.15) is 0 Å². The summed E-state index contributed by atoms with van der Waals surface area (Å²) >= 11 is 0. The van der Waals surface area contributed by atoms with Crippen molar-refractivity contribution in [2.45, 2.75) is 52.5 Å². The molecule has 0 N–H and O–H groups in total. The van der Waals surface area contributed by atoms with Crippen molar-refractivity contribution < 1.29 is 0 Å². The second-order valence-electron chi connectivity index (χ2n) is 6.43. The van der Waals surface area contributed by atoms with Crippen molar-refractivity contribution in [3.63, 3.8) is 0 Å². The van der Waals surface area contributed by atoms with Crippen molar-refractivity contribution in [2.24, 2.45) is 5.92 Å². The van der Waals surface area contributed by atoms with Crippen LogP contribution in [0.2, 0.25) is 0 Å². The van der Waals surface area contributed by atoms with Crippen LogP contribution in [0.4, 0.5) is 5.69 Å². The van der Waals surface area contributed by atoms with Crippen LogP contribution < -0.4 is 4.90 Å². The van der Waals surface area contributed by atoms with Crippen LogP contribution in [0.5, 0.6) is 0 Å². The molecule has 0 radical (unpaired) electrons. The molecular weight excluding hydrogens is 232 g/mol. The van der Waals surface area contributed by atoms with Crippen LogP contribution in [0.3, 0.4) is 0 Å². The number of nitriles is 1. The van der Waals surface area contributed by atoms with E-state index in [-0.39, 0.29) is 5.54 Å². The Morgan fingerprint density at radius 2 is 1.95 bits per heavy atom. The van der Waals surface area contributed by atoms with Gasteiger partial charge in [0.05, 0.1) is 6.07 Å². The van der Waals surface area contributed by atoms with Gasteiger partial charge in [-0.15, -0.1) is 0 Å². The average Bonchev–Trinajstić information content (AvgIpc) is 2.33. The summed E-state index contributed by atoms with van der Waals surface area (Å²) in [6.07, 6.45) is 3.01. The molecule has 1 aromatic rings. The van der Waals surface area contributed by atoms with Gasteiger partial charge in [-0.3, -0.25) is 0 Å². The quantitative estimate of drug-likeness (QED) is 0.792. The van der Waals surface area contributed by atoms with Gasteiger partial charge >= 0.3 is 0 Å². The second-order valence-corrected chi connectivity index (χ2v) is 6.43. The summed E-state index contributed by atoms with van der Waals surface area (Å²) in [4.78, 5) is 2.53. The van der Waals surface area contributed by atoms with Crippen LogP contribution in [-0.4, -0.2) is 12.1 Å². The second kappa shape index (κ2) is 5.25.